The summed E-state index contributed by atoms with van der Waals surface area (Å²) >= 11 is 0.362. The van der Waals surface area contributed by atoms with Crippen LogP contribution in [0.5, 0.6) is 0 Å². The molecule has 0 spiro atoms. The summed E-state index contributed by atoms with van der Waals surface area (Å²) in [6.07, 6.45) is 0. The predicted octanol–water partition coefficient (Wildman–Crippen LogP) is 6.37. The summed E-state index contributed by atoms with van der Waals surface area (Å²) in [7, 11) is 0. The van der Waals surface area contributed by atoms with Crippen LogP contribution in [-0.2, 0) is 17.1 Å². The number of hydrogen-bond acceptors (Lipinski definition) is 0. The Labute approximate surface area is 139 Å². The second-order valence-corrected chi connectivity index (χ2v) is 9.72. The molecule has 21 heavy (non-hydrogen) atoms. The molecule has 0 saturated heterocycles. The van der Waals surface area contributed by atoms with Crippen LogP contribution in [0.2, 0.25) is 0 Å². The molecule has 2 aliphatic carbocycles. The van der Waals surface area contributed by atoms with E-state index in [2.05, 4.69) is 69.2 Å². The average molecular weight is 373 g/mol. The van der Waals surface area contributed by atoms with Gasteiger partial charge in [-0.05, 0) is 0 Å². The second-order valence-electron chi connectivity index (χ2n) is 7.67. The summed E-state index contributed by atoms with van der Waals surface area (Å²) in [4.78, 5) is 0. The molecule has 0 amide bonds. The zero-order valence-electron chi connectivity index (χ0n) is 15.3. The number of allylic oxidation sites excluding steroid dienone is 8. The fraction of sp³-hybridized carbons (Fsp3) is 0.600. The Balaban J connectivity index is 2.47. The Morgan fingerprint density at radius 2 is 0.810 bits per heavy atom. The molecule has 1 heteroatoms. The minimum absolute atomic E-state index is 0.241. The van der Waals surface area contributed by atoms with Crippen molar-refractivity contribution in [2.75, 3.05) is 0 Å². The van der Waals surface area contributed by atoms with E-state index in [9.17, 15) is 0 Å². The Bertz CT molecular complexity index is 575. The Morgan fingerprint density at radius 1 is 0.524 bits per heavy atom. The topological polar surface area (TPSA) is 0 Å². The van der Waals surface area contributed by atoms with Crippen LogP contribution in [0.15, 0.2) is 41.8 Å². The van der Waals surface area contributed by atoms with Gasteiger partial charge < -0.3 is 0 Å². The van der Waals surface area contributed by atoms with Gasteiger partial charge in [-0.2, -0.15) is 0 Å². The quantitative estimate of drug-likeness (QED) is 0.494. The maximum atomic E-state index is 2.41. The zero-order valence-corrected chi connectivity index (χ0v) is 17.0. The summed E-state index contributed by atoms with van der Waals surface area (Å²) in [5.74, 6) is 0. The first kappa shape index (κ1) is 16.9. The van der Waals surface area contributed by atoms with E-state index < -0.39 is 0 Å². The van der Waals surface area contributed by atoms with Crippen LogP contribution >= 0.6 is 0 Å². The van der Waals surface area contributed by atoms with Crippen molar-refractivity contribution in [2.45, 2.75) is 69.2 Å². The van der Waals surface area contributed by atoms with Gasteiger partial charge in [-0.15, -0.1) is 0 Å². The van der Waals surface area contributed by atoms with Gasteiger partial charge in [0.05, 0.1) is 0 Å². The van der Waals surface area contributed by atoms with Crippen molar-refractivity contribution in [3.05, 3.63) is 41.8 Å². The van der Waals surface area contributed by atoms with Gasteiger partial charge in [-0.1, -0.05) is 0 Å². The standard InChI is InChI=1S/2C10H15.Rh/c2*1-7-6-10(4,5)9(3)8(7)2;/h2*1-5H3;. The van der Waals surface area contributed by atoms with Crippen LogP contribution in [0.3, 0.4) is 0 Å². The molecule has 0 bridgehead atoms. The molecule has 0 aromatic carbocycles. The molecule has 0 aliphatic heterocycles. The molecule has 0 nitrogen and oxygen atoms in total. The third-order valence-corrected chi connectivity index (χ3v) is 10.1. The summed E-state index contributed by atoms with van der Waals surface area (Å²) in [6, 6.07) is 0. The van der Waals surface area contributed by atoms with Crippen molar-refractivity contribution in [3.8, 4) is 0 Å². The van der Waals surface area contributed by atoms with Crippen LogP contribution in [0, 0.1) is 10.8 Å². The molecule has 0 heterocycles. The Kier molecular flexibility index (Phi) is 4.08. The average Bonchev–Trinajstić information content (AvgIpc) is 2.63. The second kappa shape index (κ2) is 5.05. The van der Waals surface area contributed by atoms with Gasteiger partial charge in [-0.25, -0.2) is 0 Å². The third kappa shape index (κ3) is 2.28. The fourth-order valence-corrected chi connectivity index (χ4v) is 6.76. The van der Waals surface area contributed by atoms with Gasteiger partial charge in [0.2, 0.25) is 0 Å². The molecule has 0 atom stereocenters. The molecule has 0 aromatic rings. The van der Waals surface area contributed by atoms with Crippen molar-refractivity contribution in [1.29, 1.82) is 0 Å². The minimum atomic E-state index is 0.241. The van der Waals surface area contributed by atoms with E-state index in [1.54, 1.807) is 30.6 Å². The van der Waals surface area contributed by atoms with Gasteiger partial charge in [-0.3, -0.25) is 0 Å². The summed E-state index contributed by atoms with van der Waals surface area (Å²) in [5.41, 5.74) is 9.77. The van der Waals surface area contributed by atoms with Crippen molar-refractivity contribution in [3.63, 3.8) is 0 Å². The number of hydrogen-bond donors (Lipinski definition) is 0. The van der Waals surface area contributed by atoms with Crippen molar-refractivity contribution >= 4 is 0 Å². The fourth-order valence-electron chi connectivity index (χ4n) is 3.48. The molecule has 2 aliphatic rings. The first-order valence-corrected chi connectivity index (χ1v) is 9.47. The van der Waals surface area contributed by atoms with Crippen LogP contribution in [0.4, 0.5) is 0 Å². The molecule has 0 saturated carbocycles. The van der Waals surface area contributed by atoms with E-state index in [1.165, 1.54) is 11.1 Å². The van der Waals surface area contributed by atoms with E-state index in [-0.39, 0.29) is 10.8 Å². The van der Waals surface area contributed by atoms with E-state index in [0.717, 1.165) is 0 Å². The van der Waals surface area contributed by atoms with Gasteiger partial charge in [0.15, 0.2) is 0 Å². The molecule has 2 rings (SSSR count). The molecular weight excluding hydrogens is 343 g/mol. The van der Waals surface area contributed by atoms with Crippen molar-refractivity contribution in [1.82, 2.24) is 0 Å². The van der Waals surface area contributed by atoms with Gasteiger partial charge in [0.1, 0.15) is 0 Å². The zero-order chi connectivity index (χ0) is 16.3. The molecule has 0 N–H and O–H groups in total. The molecular formula is C20H30Rh. The Morgan fingerprint density at radius 3 is 1.00 bits per heavy atom. The molecule has 0 aromatic heterocycles. The number of rotatable bonds is 2. The van der Waals surface area contributed by atoms with Gasteiger partial charge in [0.25, 0.3) is 0 Å². The van der Waals surface area contributed by atoms with E-state index in [1.807, 2.05) is 0 Å². The van der Waals surface area contributed by atoms with Crippen LogP contribution in [0.1, 0.15) is 69.2 Å². The first-order valence-electron chi connectivity index (χ1n) is 7.83. The molecule has 119 valence electrons. The van der Waals surface area contributed by atoms with Crippen LogP contribution in [0.25, 0.3) is 0 Å². The van der Waals surface area contributed by atoms with Gasteiger partial charge >= 0.3 is 139 Å². The summed E-state index contributed by atoms with van der Waals surface area (Å²) < 4.78 is 3.39. The SMILES string of the molecule is CC1=C(C)C(C)(C)[C]([Rh][C]2=C(C)C(C)=C(C)C2(C)C)=C1C. The molecule has 0 unspecified atom stereocenters. The normalized spacial score (nSPS) is 25.0. The van der Waals surface area contributed by atoms with Gasteiger partial charge in [0, 0.05) is 0 Å². The Hall–Kier alpha value is -0.417. The summed E-state index contributed by atoms with van der Waals surface area (Å²) in [6.45, 7) is 23.5. The van der Waals surface area contributed by atoms with Crippen LogP contribution < -0.4 is 0 Å². The van der Waals surface area contributed by atoms with Crippen molar-refractivity contribution < 1.29 is 17.1 Å². The predicted molar refractivity (Wildman–Crippen MR) is 89.7 cm³/mol. The summed E-state index contributed by atoms with van der Waals surface area (Å²) in [5, 5.41) is 0. The van der Waals surface area contributed by atoms with E-state index in [0.29, 0.717) is 17.1 Å². The van der Waals surface area contributed by atoms with Crippen LogP contribution in [-0.4, -0.2) is 0 Å². The first-order chi connectivity index (χ1) is 9.44. The van der Waals surface area contributed by atoms with Crippen molar-refractivity contribution in [2.24, 2.45) is 10.8 Å². The molecule has 0 radical (unpaired) electrons. The maximum absolute atomic E-state index is 2.41. The van der Waals surface area contributed by atoms with E-state index >= 15 is 0 Å². The van der Waals surface area contributed by atoms with E-state index in [4.69, 9.17) is 0 Å². The third-order valence-electron chi connectivity index (χ3n) is 5.96. The molecule has 0 fully saturated rings. The monoisotopic (exact) mass is 373 g/mol.